The molecular formula is C20H60O5Si3. The second-order valence-electron chi connectivity index (χ2n) is 7.93. The molecule has 2 N–H and O–H groups in total. The van der Waals surface area contributed by atoms with Gasteiger partial charge < -0.3 is 23.2 Å². The van der Waals surface area contributed by atoms with E-state index in [1.54, 1.807) is 0 Å². The summed E-state index contributed by atoms with van der Waals surface area (Å²) in [4.78, 5) is 0. The molecule has 0 aromatic rings. The van der Waals surface area contributed by atoms with Gasteiger partial charge in [0.2, 0.25) is 0 Å². The van der Waals surface area contributed by atoms with Crippen LogP contribution in [-0.4, -0.2) is 61.3 Å². The lowest BCUT2D eigenvalue weighted by Gasteiger charge is -2.38. The minimum atomic E-state index is -2.13. The molecule has 0 fully saturated rings. The third-order valence-corrected chi connectivity index (χ3v) is 12.3. The minimum absolute atomic E-state index is 0. The summed E-state index contributed by atoms with van der Waals surface area (Å²) in [7, 11) is -5.37. The number of aliphatic hydroxyl groups is 2. The molecule has 8 heteroatoms. The maximum Gasteiger partial charge on any atom is 0.314 e. The van der Waals surface area contributed by atoms with Crippen molar-refractivity contribution in [2.24, 2.45) is 0 Å². The highest BCUT2D eigenvalue weighted by atomic mass is 28.5. The van der Waals surface area contributed by atoms with Gasteiger partial charge in [0.25, 0.3) is 0 Å². The summed E-state index contributed by atoms with van der Waals surface area (Å²) in [6.07, 6.45) is 1.16. The number of hydrogen-bond donors (Lipinski definition) is 2. The van der Waals surface area contributed by atoms with Crippen LogP contribution in [0, 0.1) is 0 Å². The lowest BCUT2D eigenvalue weighted by atomic mass is 10.3. The molecule has 0 heterocycles. The lowest BCUT2D eigenvalue weighted by molar-refractivity contribution is 0.00550. The van der Waals surface area contributed by atoms with Gasteiger partial charge in [-0.15, -0.1) is 0 Å². The first-order chi connectivity index (χ1) is 9.87. The third-order valence-electron chi connectivity index (χ3n) is 2.73. The zero-order valence-corrected chi connectivity index (χ0v) is 18.4. The topological polar surface area (TPSA) is 68.2 Å². The van der Waals surface area contributed by atoms with Crippen molar-refractivity contribution < 1.29 is 23.2 Å². The van der Waals surface area contributed by atoms with Gasteiger partial charge in [-0.25, -0.2) is 0 Å². The zero-order chi connectivity index (χ0) is 17.4. The van der Waals surface area contributed by atoms with Crippen LogP contribution < -0.4 is 0 Å². The van der Waals surface area contributed by atoms with Crippen molar-refractivity contribution in [3.05, 3.63) is 0 Å². The van der Waals surface area contributed by atoms with Gasteiger partial charge in [0.1, 0.15) is 6.10 Å². The van der Waals surface area contributed by atoms with E-state index in [1.807, 2.05) is 0 Å². The van der Waals surface area contributed by atoms with Crippen LogP contribution in [0.25, 0.3) is 0 Å². The lowest BCUT2D eigenvalue weighted by Crippen LogP contribution is -2.52. The molecule has 0 rings (SSSR count). The second-order valence-corrected chi connectivity index (χ2v) is 20.8. The second kappa shape index (κ2) is 20.7. The summed E-state index contributed by atoms with van der Waals surface area (Å²) in [6, 6.07) is 0.980. The van der Waals surface area contributed by atoms with E-state index in [4.69, 9.17) is 18.1 Å². The monoisotopic (exact) mass is 464 g/mol. The van der Waals surface area contributed by atoms with Crippen LogP contribution in [0.3, 0.4) is 0 Å². The van der Waals surface area contributed by atoms with Crippen molar-refractivity contribution in [1.82, 2.24) is 0 Å². The van der Waals surface area contributed by atoms with E-state index in [1.165, 1.54) is 0 Å². The highest BCUT2D eigenvalue weighted by molar-refractivity contribution is 6.87. The normalized spacial score (nSPS) is 11.9. The van der Waals surface area contributed by atoms with Crippen LogP contribution in [-0.2, 0) is 13.0 Å². The molecule has 1 unspecified atom stereocenters. The van der Waals surface area contributed by atoms with Crippen molar-refractivity contribution in [2.75, 3.05) is 19.8 Å². The Kier molecular flexibility index (Phi) is 34.5. The van der Waals surface area contributed by atoms with Gasteiger partial charge in [0.05, 0.1) is 13.2 Å². The highest BCUT2D eigenvalue weighted by Gasteiger charge is 2.39. The van der Waals surface area contributed by atoms with E-state index in [2.05, 4.69) is 45.8 Å². The highest BCUT2D eigenvalue weighted by Crippen LogP contribution is 2.25. The fraction of sp³-hybridized carbons (Fsp3) is 1.00. The van der Waals surface area contributed by atoms with E-state index in [9.17, 15) is 5.11 Å². The van der Waals surface area contributed by atoms with Gasteiger partial charge in [0.15, 0.2) is 16.6 Å². The number of aliphatic hydroxyl groups excluding tert-OH is 2. The van der Waals surface area contributed by atoms with Crippen molar-refractivity contribution in [1.29, 1.82) is 0 Å². The first-order valence-electron chi connectivity index (χ1n) is 8.14. The summed E-state index contributed by atoms with van der Waals surface area (Å²) in [6.45, 7) is 16.0. The molecular weight excluding hydrogens is 404 g/mol. The molecule has 0 aliphatic heterocycles. The number of ether oxygens (including phenoxy) is 1. The van der Waals surface area contributed by atoms with Crippen LogP contribution >= 0.6 is 0 Å². The SMILES string of the molecule is C.C.C.C.C.C.C[Si](C)(C)O[Si](C)(CCCCOCC(O)CO)O[Si](C)(C)C. The number of hydrogen-bond acceptors (Lipinski definition) is 5. The Bertz CT molecular complexity index is 289. The fourth-order valence-corrected chi connectivity index (χ4v) is 15.0. The standard InChI is InChI=1S/C14H36O5Si3.6CH4/c1-20(2,3)18-22(7,19-21(4,5)6)11-9-8-10-17-13-14(16)12-15;;;;;;/h14-16H,8-13H2,1-7H3;6*1H4. The Hall–Kier alpha value is 0.451. The van der Waals surface area contributed by atoms with Crippen molar-refractivity contribution in [3.63, 3.8) is 0 Å². The van der Waals surface area contributed by atoms with E-state index >= 15 is 0 Å². The van der Waals surface area contributed by atoms with Gasteiger partial charge in [-0.2, -0.15) is 0 Å². The first-order valence-corrected chi connectivity index (χ1v) is 17.5. The Labute approximate surface area is 183 Å². The Balaban J connectivity index is -0.000000147. The molecule has 182 valence electrons. The molecule has 0 aliphatic carbocycles. The van der Waals surface area contributed by atoms with E-state index in [-0.39, 0.29) is 57.8 Å². The average Bonchev–Trinajstić information content (AvgIpc) is 2.28. The van der Waals surface area contributed by atoms with E-state index in [0.717, 1.165) is 18.9 Å². The van der Waals surface area contributed by atoms with Crippen LogP contribution in [0.4, 0.5) is 0 Å². The fourth-order valence-electron chi connectivity index (χ4n) is 2.34. The Morgan fingerprint density at radius 3 is 1.43 bits per heavy atom. The Morgan fingerprint density at radius 1 is 0.714 bits per heavy atom. The van der Waals surface area contributed by atoms with Crippen molar-refractivity contribution in [2.45, 2.75) is 115 Å². The van der Waals surface area contributed by atoms with Gasteiger partial charge in [0, 0.05) is 6.61 Å². The van der Waals surface area contributed by atoms with Gasteiger partial charge in [-0.1, -0.05) is 44.6 Å². The maximum atomic E-state index is 9.20. The first kappa shape index (κ1) is 46.6. The summed E-state index contributed by atoms with van der Waals surface area (Å²) >= 11 is 0. The predicted octanol–water partition coefficient (Wildman–Crippen LogP) is 6.73. The van der Waals surface area contributed by atoms with Crippen LogP contribution in [0.2, 0.25) is 51.9 Å². The molecule has 0 spiro atoms. The third kappa shape index (κ3) is 28.7. The summed E-state index contributed by atoms with van der Waals surface area (Å²) < 4.78 is 18.2. The molecule has 0 radical (unpaired) electrons. The molecule has 0 saturated carbocycles. The smallest absolute Gasteiger partial charge is 0.314 e. The molecule has 0 aliphatic rings. The van der Waals surface area contributed by atoms with Gasteiger partial charge in [-0.3, -0.25) is 0 Å². The molecule has 0 aromatic heterocycles. The molecule has 1 atom stereocenters. The Morgan fingerprint density at radius 2 is 1.11 bits per heavy atom. The summed E-state index contributed by atoms with van der Waals surface area (Å²) in [5.74, 6) is 0. The molecule has 0 bridgehead atoms. The van der Waals surface area contributed by atoms with Gasteiger partial charge >= 0.3 is 8.56 Å². The number of unbranched alkanes of at least 4 members (excludes halogenated alkanes) is 1. The molecule has 0 saturated heterocycles. The van der Waals surface area contributed by atoms with Crippen LogP contribution in [0.1, 0.15) is 57.4 Å². The average molecular weight is 465 g/mol. The predicted molar refractivity (Wildman–Crippen MR) is 139 cm³/mol. The van der Waals surface area contributed by atoms with Crippen LogP contribution in [0.5, 0.6) is 0 Å². The zero-order valence-electron chi connectivity index (χ0n) is 15.4. The quantitative estimate of drug-likeness (QED) is 0.247. The van der Waals surface area contributed by atoms with E-state index in [0.29, 0.717) is 6.61 Å². The minimum Gasteiger partial charge on any atom is -0.437 e. The molecule has 0 aromatic carbocycles. The summed E-state index contributed by atoms with van der Waals surface area (Å²) in [5, 5.41) is 17.9. The van der Waals surface area contributed by atoms with Crippen LogP contribution in [0.15, 0.2) is 0 Å². The summed E-state index contributed by atoms with van der Waals surface area (Å²) in [5.41, 5.74) is 0. The van der Waals surface area contributed by atoms with Gasteiger partial charge in [-0.05, 0) is 64.7 Å². The molecule has 5 nitrogen and oxygen atoms in total. The van der Waals surface area contributed by atoms with E-state index < -0.39 is 31.3 Å². The van der Waals surface area contributed by atoms with Crippen molar-refractivity contribution >= 4 is 25.2 Å². The van der Waals surface area contributed by atoms with Crippen molar-refractivity contribution in [3.8, 4) is 0 Å². The number of rotatable bonds is 12. The maximum absolute atomic E-state index is 9.20. The largest absolute Gasteiger partial charge is 0.437 e. The molecule has 28 heavy (non-hydrogen) atoms. The molecule has 0 amide bonds.